The topological polar surface area (TPSA) is 28.2 Å². The van der Waals surface area contributed by atoms with Crippen LogP contribution in [0.1, 0.15) is 32.6 Å². The number of hydrogen-bond donors (Lipinski definition) is 1. The highest BCUT2D eigenvalue weighted by Crippen LogP contribution is 2.15. The van der Waals surface area contributed by atoms with Gasteiger partial charge in [0.05, 0.1) is 6.20 Å². The smallest absolute Gasteiger partial charge is 0.141 e. The molecular weight excluding hydrogens is 229 g/mol. The van der Waals surface area contributed by atoms with E-state index in [1.54, 1.807) is 6.07 Å². The first-order chi connectivity index (χ1) is 8.79. The third kappa shape index (κ3) is 3.67. The van der Waals surface area contributed by atoms with E-state index in [1.165, 1.54) is 31.5 Å². The highest BCUT2D eigenvalue weighted by Gasteiger charge is 2.17. The maximum atomic E-state index is 12.9. The van der Waals surface area contributed by atoms with Crippen molar-refractivity contribution < 1.29 is 4.39 Å². The van der Waals surface area contributed by atoms with Gasteiger partial charge in [-0.15, -0.1) is 0 Å². The molecule has 2 heterocycles. The van der Waals surface area contributed by atoms with Crippen molar-refractivity contribution in [2.75, 3.05) is 24.5 Å². The first-order valence-electron chi connectivity index (χ1n) is 6.89. The molecule has 1 atom stereocenters. The number of nitrogens with one attached hydrogen (secondary N) is 1. The minimum absolute atomic E-state index is 0.272. The van der Waals surface area contributed by atoms with E-state index in [9.17, 15) is 4.39 Å². The molecule has 0 aliphatic carbocycles. The van der Waals surface area contributed by atoms with E-state index in [1.807, 2.05) is 0 Å². The lowest BCUT2D eigenvalue weighted by Gasteiger charge is -2.31. The first kappa shape index (κ1) is 13.3. The van der Waals surface area contributed by atoms with Gasteiger partial charge in [-0.2, -0.15) is 0 Å². The summed E-state index contributed by atoms with van der Waals surface area (Å²) in [5.41, 5.74) is 0. The maximum absolute atomic E-state index is 12.9. The Bertz CT molecular complexity index is 347. The van der Waals surface area contributed by atoms with Gasteiger partial charge in [0, 0.05) is 19.1 Å². The van der Waals surface area contributed by atoms with E-state index in [2.05, 4.69) is 22.1 Å². The average molecular weight is 251 g/mol. The molecule has 0 aromatic carbocycles. The van der Waals surface area contributed by atoms with Crippen LogP contribution in [0.3, 0.4) is 0 Å². The molecule has 0 amide bonds. The van der Waals surface area contributed by atoms with Crippen LogP contribution in [0.4, 0.5) is 10.2 Å². The third-order valence-corrected chi connectivity index (χ3v) is 3.38. The van der Waals surface area contributed by atoms with Gasteiger partial charge in [0.15, 0.2) is 0 Å². The average Bonchev–Trinajstić information content (AvgIpc) is 2.40. The number of rotatable bonds is 5. The fraction of sp³-hybridized carbons (Fsp3) is 0.643. The summed E-state index contributed by atoms with van der Waals surface area (Å²) in [6.45, 7) is 5.20. The van der Waals surface area contributed by atoms with Crippen molar-refractivity contribution in [1.29, 1.82) is 0 Å². The summed E-state index contributed by atoms with van der Waals surface area (Å²) in [6.07, 6.45) is 6.17. The number of piperidine rings is 1. The highest BCUT2D eigenvalue weighted by molar-refractivity contribution is 5.38. The largest absolute Gasteiger partial charge is 0.355 e. The number of anilines is 1. The standard InChI is InChI=1S/C14H22FN3/c1-2-9-18(11-13-5-3-4-8-16-13)14-7-6-12(15)10-17-14/h6-7,10,13,16H,2-5,8-9,11H2,1H3. The van der Waals surface area contributed by atoms with Crippen LogP contribution in [-0.2, 0) is 0 Å². The highest BCUT2D eigenvalue weighted by atomic mass is 19.1. The zero-order valence-electron chi connectivity index (χ0n) is 11.0. The fourth-order valence-electron chi connectivity index (χ4n) is 2.47. The molecule has 0 spiro atoms. The van der Waals surface area contributed by atoms with Gasteiger partial charge in [0.1, 0.15) is 11.6 Å². The molecule has 4 heteroatoms. The molecule has 1 aliphatic heterocycles. The van der Waals surface area contributed by atoms with Gasteiger partial charge in [-0.05, 0) is 37.9 Å². The lowest BCUT2D eigenvalue weighted by Crippen LogP contribution is -2.44. The van der Waals surface area contributed by atoms with Crippen molar-refractivity contribution in [2.24, 2.45) is 0 Å². The predicted molar refractivity (Wildman–Crippen MR) is 72.3 cm³/mol. The number of pyridine rings is 1. The second-order valence-corrected chi connectivity index (χ2v) is 4.93. The molecule has 18 heavy (non-hydrogen) atoms. The molecule has 100 valence electrons. The van der Waals surface area contributed by atoms with Crippen molar-refractivity contribution in [1.82, 2.24) is 10.3 Å². The normalized spacial score (nSPS) is 19.8. The van der Waals surface area contributed by atoms with Gasteiger partial charge in [-0.3, -0.25) is 0 Å². The Labute approximate surface area is 108 Å². The zero-order chi connectivity index (χ0) is 12.8. The van der Waals surface area contributed by atoms with Gasteiger partial charge in [-0.1, -0.05) is 13.3 Å². The molecule has 1 aromatic rings. The van der Waals surface area contributed by atoms with Crippen LogP contribution in [0, 0.1) is 5.82 Å². The Morgan fingerprint density at radius 2 is 2.33 bits per heavy atom. The van der Waals surface area contributed by atoms with Crippen LogP contribution in [0.25, 0.3) is 0 Å². The van der Waals surface area contributed by atoms with Gasteiger partial charge >= 0.3 is 0 Å². The van der Waals surface area contributed by atoms with E-state index < -0.39 is 0 Å². The number of hydrogen-bond acceptors (Lipinski definition) is 3. The van der Waals surface area contributed by atoms with Crippen molar-refractivity contribution in [3.8, 4) is 0 Å². The molecule has 1 fully saturated rings. The summed E-state index contributed by atoms with van der Waals surface area (Å²) in [6, 6.07) is 3.80. The van der Waals surface area contributed by atoms with Crippen molar-refractivity contribution in [2.45, 2.75) is 38.6 Å². The second kappa shape index (κ2) is 6.69. The van der Waals surface area contributed by atoms with Gasteiger partial charge in [0.2, 0.25) is 0 Å². The van der Waals surface area contributed by atoms with Crippen LogP contribution in [0.2, 0.25) is 0 Å². The van der Waals surface area contributed by atoms with Crippen LogP contribution in [-0.4, -0.2) is 30.7 Å². The Hall–Kier alpha value is -1.16. The lowest BCUT2D eigenvalue weighted by atomic mass is 10.0. The molecule has 1 unspecified atom stereocenters. The maximum Gasteiger partial charge on any atom is 0.141 e. The summed E-state index contributed by atoms with van der Waals surface area (Å²) in [5, 5.41) is 3.55. The summed E-state index contributed by atoms with van der Waals surface area (Å²) >= 11 is 0. The van der Waals surface area contributed by atoms with Crippen LogP contribution >= 0.6 is 0 Å². The first-order valence-corrected chi connectivity index (χ1v) is 6.89. The quantitative estimate of drug-likeness (QED) is 0.872. The third-order valence-electron chi connectivity index (χ3n) is 3.38. The monoisotopic (exact) mass is 251 g/mol. The van der Waals surface area contributed by atoms with Crippen LogP contribution < -0.4 is 10.2 Å². The molecule has 0 radical (unpaired) electrons. The molecule has 0 bridgehead atoms. The van der Waals surface area contributed by atoms with E-state index in [-0.39, 0.29) is 5.82 Å². The molecule has 1 aliphatic rings. The molecule has 0 saturated carbocycles. The Balaban J connectivity index is 2.00. The number of aromatic nitrogens is 1. The SMILES string of the molecule is CCCN(CC1CCCCN1)c1ccc(F)cn1. The minimum Gasteiger partial charge on any atom is -0.355 e. The second-order valence-electron chi connectivity index (χ2n) is 4.93. The molecule has 3 nitrogen and oxygen atoms in total. The van der Waals surface area contributed by atoms with Crippen LogP contribution in [0.5, 0.6) is 0 Å². The Morgan fingerprint density at radius 3 is 2.94 bits per heavy atom. The zero-order valence-corrected chi connectivity index (χ0v) is 11.0. The van der Waals surface area contributed by atoms with E-state index in [0.29, 0.717) is 6.04 Å². The van der Waals surface area contributed by atoms with E-state index in [4.69, 9.17) is 0 Å². The van der Waals surface area contributed by atoms with Gasteiger partial charge in [-0.25, -0.2) is 9.37 Å². The number of nitrogens with zero attached hydrogens (tertiary/aromatic N) is 2. The molecular formula is C14H22FN3. The number of halogens is 1. The molecule has 1 aromatic heterocycles. The lowest BCUT2D eigenvalue weighted by molar-refractivity contribution is 0.398. The minimum atomic E-state index is -0.272. The van der Waals surface area contributed by atoms with Gasteiger partial charge in [0.25, 0.3) is 0 Å². The van der Waals surface area contributed by atoms with E-state index >= 15 is 0 Å². The van der Waals surface area contributed by atoms with E-state index in [0.717, 1.165) is 31.9 Å². The Morgan fingerprint density at radius 1 is 1.44 bits per heavy atom. The van der Waals surface area contributed by atoms with Crippen molar-refractivity contribution in [3.63, 3.8) is 0 Å². The summed E-state index contributed by atoms with van der Waals surface area (Å²) in [7, 11) is 0. The van der Waals surface area contributed by atoms with Crippen molar-refractivity contribution >= 4 is 5.82 Å². The molecule has 2 rings (SSSR count). The summed E-state index contributed by atoms with van der Waals surface area (Å²) in [4.78, 5) is 6.44. The van der Waals surface area contributed by atoms with Gasteiger partial charge < -0.3 is 10.2 Å². The fourth-order valence-corrected chi connectivity index (χ4v) is 2.47. The van der Waals surface area contributed by atoms with Crippen LogP contribution in [0.15, 0.2) is 18.3 Å². The molecule has 1 N–H and O–H groups in total. The molecule has 1 saturated heterocycles. The van der Waals surface area contributed by atoms with Crippen molar-refractivity contribution in [3.05, 3.63) is 24.1 Å². The predicted octanol–water partition coefficient (Wildman–Crippen LogP) is 2.58. The Kier molecular flexibility index (Phi) is 4.93. The summed E-state index contributed by atoms with van der Waals surface area (Å²) in [5.74, 6) is 0.608. The summed E-state index contributed by atoms with van der Waals surface area (Å²) < 4.78 is 12.9.